The predicted molar refractivity (Wildman–Crippen MR) is 100 cm³/mol. The quantitative estimate of drug-likeness (QED) is 0.210. The van der Waals surface area contributed by atoms with Gasteiger partial charge in [-0.25, -0.2) is 15.7 Å². The van der Waals surface area contributed by atoms with Crippen LogP contribution in [-0.2, 0) is 14.3 Å². The Labute approximate surface area is 160 Å². The van der Waals surface area contributed by atoms with E-state index in [1.807, 2.05) is 0 Å². The van der Waals surface area contributed by atoms with Crippen LogP contribution < -0.4 is 16.2 Å². The summed E-state index contributed by atoms with van der Waals surface area (Å²) < 4.78 is 5.31. The monoisotopic (exact) mass is 384 g/mol. The largest absolute Gasteiger partial charge is 0.444 e. The molecule has 1 saturated carbocycles. The Kier molecular flexibility index (Phi) is 9.20. The van der Waals surface area contributed by atoms with Gasteiger partial charge in [0.15, 0.2) is 0 Å². The standard InChI is InChI=1S/C18H32N4O5/c1-17(2,3)27-16(25)20-18(11-7-8-12-18)13-19-21-14(23)9-5-4-6-10-15(24)22-26/h13,26H,4-12H2,1-3H3,(H,20,25)(H,21,23)(H,22,24)/b19-13+. The lowest BCUT2D eigenvalue weighted by molar-refractivity contribution is -0.129. The normalized spacial score (nSPS) is 16.1. The highest BCUT2D eigenvalue weighted by atomic mass is 16.6. The maximum atomic E-state index is 12.1. The molecule has 0 aromatic heterocycles. The molecule has 0 heterocycles. The molecule has 9 heteroatoms. The molecule has 0 bridgehead atoms. The molecule has 0 unspecified atom stereocenters. The fraction of sp³-hybridized carbons (Fsp3) is 0.778. The van der Waals surface area contributed by atoms with E-state index >= 15 is 0 Å². The van der Waals surface area contributed by atoms with Crippen molar-refractivity contribution in [2.24, 2.45) is 5.10 Å². The number of alkyl carbamates (subject to hydrolysis) is 1. The number of nitrogens with one attached hydrogen (secondary N) is 3. The highest BCUT2D eigenvalue weighted by molar-refractivity contribution is 5.81. The van der Waals surface area contributed by atoms with Crippen molar-refractivity contribution in [1.29, 1.82) is 0 Å². The van der Waals surface area contributed by atoms with E-state index in [1.165, 1.54) is 0 Å². The molecule has 4 N–H and O–H groups in total. The average molecular weight is 384 g/mol. The fourth-order valence-corrected chi connectivity index (χ4v) is 2.89. The summed E-state index contributed by atoms with van der Waals surface area (Å²) in [7, 11) is 0. The molecular formula is C18H32N4O5. The third-order valence-electron chi connectivity index (χ3n) is 4.18. The molecule has 0 saturated heterocycles. The maximum absolute atomic E-state index is 12.1. The van der Waals surface area contributed by atoms with Crippen molar-refractivity contribution < 1.29 is 24.3 Å². The third kappa shape index (κ3) is 9.93. The molecule has 0 aromatic rings. The minimum absolute atomic E-state index is 0.219. The van der Waals surface area contributed by atoms with Crippen LogP contribution in [0, 0.1) is 0 Å². The first-order valence-corrected chi connectivity index (χ1v) is 9.43. The van der Waals surface area contributed by atoms with Gasteiger partial charge in [-0.05, 0) is 46.5 Å². The van der Waals surface area contributed by atoms with Crippen molar-refractivity contribution in [3.63, 3.8) is 0 Å². The van der Waals surface area contributed by atoms with E-state index in [4.69, 9.17) is 9.94 Å². The van der Waals surface area contributed by atoms with Gasteiger partial charge in [0.2, 0.25) is 11.8 Å². The SMILES string of the molecule is CC(C)(C)OC(=O)NC1(/C=N/NC(=O)CCCCCC(=O)NO)CCCC1. The first kappa shape index (κ1) is 22.9. The second kappa shape index (κ2) is 10.9. The van der Waals surface area contributed by atoms with Gasteiger partial charge in [0.1, 0.15) is 5.60 Å². The first-order valence-electron chi connectivity index (χ1n) is 9.43. The zero-order chi connectivity index (χ0) is 20.3. The number of hydrogen-bond donors (Lipinski definition) is 4. The van der Waals surface area contributed by atoms with E-state index in [9.17, 15) is 14.4 Å². The summed E-state index contributed by atoms with van der Waals surface area (Å²) in [6, 6.07) is 0. The molecule has 1 rings (SSSR count). The molecule has 9 nitrogen and oxygen atoms in total. The second-order valence-electron chi connectivity index (χ2n) is 7.88. The molecule has 1 aliphatic carbocycles. The Morgan fingerprint density at radius 2 is 1.67 bits per heavy atom. The number of rotatable bonds is 9. The number of hydroxylamine groups is 1. The fourth-order valence-electron chi connectivity index (χ4n) is 2.89. The van der Waals surface area contributed by atoms with Gasteiger partial charge in [0.05, 0.1) is 11.8 Å². The Morgan fingerprint density at radius 3 is 2.22 bits per heavy atom. The van der Waals surface area contributed by atoms with Crippen molar-refractivity contribution in [3.05, 3.63) is 0 Å². The summed E-state index contributed by atoms with van der Waals surface area (Å²) in [5.41, 5.74) is 2.89. The van der Waals surface area contributed by atoms with E-state index in [0.29, 0.717) is 25.7 Å². The lowest BCUT2D eigenvalue weighted by atomic mass is 10.00. The zero-order valence-electron chi connectivity index (χ0n) is 16.5. The lowest BCUT2D eigenvalue weighted by Gasteiger charge is -2.28. The molecule has 1 fully saturated rings. The van der Waals surface area contributed by atoms with Gasteiger partial charge in [-0.2, -0.15) is 5.10 Å². The summed E-state index contributed by atoms with van der Waals surface area (Å²) in [4.78, 5) is 34.8. The van der Waals surface area contributed by atoms with Crippen LogP contribution in [0.4, 0.5) is 4.79 Å². The molecule has 0 radical (unpaired) electrons. The van der Waals surface area contributed by atoms with E-state index in [2.05, 4.69) is 15.8 Å². The van der Waals surface area contributed by atoms with Crippen LogP contribution in [0.15, 0.2) is 5.10 Å². The van der Waals surface area contributed by atoms with Crippen LogP contribution in [-0.4, -0.2) is 40.5 Å². The van der Waals surface area contributed by atoms with E-state index in [-0.39, 0.29) is 12.3 Å². The molecule has 0 atom stereocenters. The van der Waals surface area contributed by atoms with E-state index in [0.717, 1.165) is 25.7 Å². The molecule has 0 spiro atoms. The van der Waals surface area contributed by atoms with Gasteiger partial charge in [-0.3, -0.25) is 14.8 Å². The number of carbonyl (C=O) groups is 3. The number of ether oxygens (including phenoxy) is 1. The highest BCUT2D eigenvalue weighted by Gasteiger charge is 2.35. The second-order valence-corrected chi connectivity index (χ2v) is 7.88. The average Bonchev–Trinajstić information content (AvgIpc) is 3.00. The Morgan fingerprint density at radius 1 is 1.07 bits per heavy atom. The van der Waals surface area contributed by atoms with Crippen molar-refractivity contribution in [1.82, 2.24) is 16.2 Å². The number of carbonyl (C=O) groups excluding carboxylic acids is 3. The smallest absolute Gasteiger partial charge is 0.408 e. The van der Waals surface area contributed by atoms with Crippen molar-refractivity contribution in [3.8, 4) is 0 Å². The van der Waals surface area contributed by atoms with Gasteiger partial charge >= 0.3 is 6.09 Å². The zero-order valence-corrected chi connectivity index (χ0v) is 16.5. The molecule has 1 aliphatic rings. The van der Waals surface area contributed by atoms with Crippen LogP contribution in [0.3, 0.4) is 0 Å². The number of hydrazone groups is 1. The van der Waals surface area contributed by atoms with Crippen LogP contribution in [0.1, 0.15) is 78.6 Å². The van der Waals surface area contributed by atoms with Gasteiger partial charge in [-0.1, -0.05) is 19.3 Å². The van der Waals surface area contributed by atoms with Crippen LogP contribution >= 0.6 is 0 Å². The minimum Gasteiger partial charge on any atom is -0.444 e. The number of nitrogens with zero attached hydrogens (tertiary/aromatic N) is 1. The third-order valence-corrected chi connectivity index (χ3v) is 4.18. The Balaban J connectivity index is 2.37. The van der Waals surface area contributed by atoms with Gasteiger partial charge < -0.3 is 10.1 Å². The Hall–Kier alpha value is -2.16. The molecule has 3 amide bonds. The molecule has 0 aliphatic heterocycles. The van der Waals surface area contributed by atoms with Gasteiger partial charge in [-0.15, -0.1) is 0 Å². The van der Waals surface area contributed by atoms with Crippen molar-refractivity contribution >= 4 is 24.1 Å². The summed E-state index contributed by atoms with van der Waals surface area (Å²) in [6.07, 6.45) is 6.99. The lowest BCUT2D eigenvalue weighted by Crippen LogP contribution is -2.49. The van der Waals surface area contributed by atoms with Crippen molar-refractivity contribution in [2.75, 3.05) is 0 Å². The van der Waals surface area contributed by atoms with Gasteiger partial charge in [0, 0.05) is 12.8 Å². The summed E-state index contributed by atoms with van der Waals surface area (Å²) in [5, 5.41) is 15.3. The van der Waals surface area contributed by atoms with E-state index < -0.39 is 23.1 Å². The number of amides is 3. The summed E-state index contributed by atoms with van der Waals surface area (Å²) >= 11 is 0. The topological polar surface area (TPSA) is 129 Å². The number of hydrogen-bond acceptors (Lipinski definition) is 6. The highest BCUT2D eigenvalue weighted by Crippen LogP contribution is 2.28. The minimum atomic E-state index is -0.590. The van der Waals surface area contributed by atoms with Crippen LogP contribution in [0.5, 0.6) is 0 Å². The first-order chi connectivity index (χ1) is 12.7. The Bertz CT molecular complexity index is 536. The number of unbranched alkanes of at least 4 members (excludes halogenated alkanes) is 2. The van der Waals surface area contributed by atoms with Crippen LogP contribution in [0.25, 0.3) is 0 Å². The molecule has 27 heavy (non-hydrogen) atoms. The predicted octanol–water partition coefficient (Wildman–Crippen LogP) is 2.38. The van der Waals surface area contributed by atoms with Crippen LogP contribution in [0.2, 0.25) is 0 Å². The van der Waals surface area contributed by atoms with Gasteiger partial charge in [0.25, 0.3) is 0 Å². The molecule has 154 valence electrons. The molecule has 0 aromatic carbocycles. The van der Waals surface area contributed by atoms with E-state index in [1.54, 1.807) is 32.5 Å². The summed E-state index contributed by atoms with van der Waals surface area (Å²) in [5.74, 6) is -0.647. The summed E-state index contributed by atoms with van der Waals surface area (Å²) in [6.45, 7) is 5.41. The molecular weight excluding hydrogens is 352 g/mol. The van der Waals surface area contributed by atoms with Crippen molar-refractivity contribution in [2.45, 2.75) is 89.7 Å². The maximum Gasteiger partial charge on any atom is 0.408 e.